The van der Waals surface area contributed by atoms with Gasteiger partial charge in [-0.3, -0.25) is 4.79 Å². The zero-order chi connectivity index (χ0) is 10.7. The van der Waals surface area contributed by atoms with Crippen LogP contribution in [0.1, 0.15) is 20.7 Å². The van der Waals surface area contributed by atoms with Crippen molar-refractivity contribution in [1.29, 1.82) is 0 Å². The maximum atomic E-state index is 11.2. The van der Waals surface area contributed by atoms with E-state index in [0.29, 0.717) is 10.5 Å². The van der Waals surface area contributed by atoms with Crippen LogP contribution in [-0.4, -0.2) is 24.0 Å². The molecular formula is C9H9NO3S. The van der Waals surface area contributed by atoms with E-state index in [4.69, 9.17) is 5.11 Å². The van der Waals surface area contributed by atoms with Crippen molar-refractivity contribution < 1.29 is 14.7 Å². The van der Waals surface area contributed by atoms with Crippen molar-refractivity contribution in [3.05, 3.63) is 29.3 Å². The summed E-state index contributed by atoms with van der Waals surface area (Å²) < 4.78 is 0. The monoisotopic (exact) mass is 211 g/mol. The van der Waals surface area contributed by atoms with Crippen LogP contribution in [0.4, 0.5) is 0 Å². The van der Waals surface area contributed by atoms with Gasteiger partial charge < -0.3 is 10.4 Å². The molecule has 1 aromatic rings. The lowest BCUT2D eigenvalue weighted by atomic mass is 10.1. The van der Waals surface area contributed by atoms with E-state index in [-0.39, 0.29) is 11.5 Å². The molecule has 74 valence electrons. The fourth-order valence-corrected chi connectivity index (χ4v) is 1.23. The molecule has 0 fully saturated rings. The summed E-state index contributed by atoms with van der Waals surface area (Å²) in [7, 11) is 1.48. The number of hydrogen-bond acceptors (Lipinski definition) is 3. The van der Waals surface area contributed by atoms with Crippen molar-refractivity contribution in [1.82, 2.24) is 5.32 Å². The van der Waals surface area contributed by atoms with E-state index in [1.807, 2.05) is 0 Å². The molecule has 1 amide bonds. The Hall–Kier alpha value is -1.49. The number of carboxylic acid groups (broad SMARTS) is 1. The average molecular weight is 211 g/mol. The van der Waals surface area contributed by atoms with E-state index >= 15 is 0 Å². The Morgan fingerprint density at radius 2 is 2.07 bits per heavy atom. The van der Waals surface area contributed by atoms with Gasteiger partial charge in [-0.2, -0.15) is 0 Å². The number of carbonyl (C=O) groups excluding carboxylic acids is 1. The number of aromatic carboxylic acids is 1. The summed E-state index contributed by atoms with van der Waals surface area (Å²) in [5.41, 5.74) is 0.331. The van der Waals surface area contributed by atoms with E-state index in [1.165, 1.54) is 25.2 Å². The Morgan fingerprint density at radius 1 is 1.43 bits per heavy atom. The summed E-state index contributed by atoms with van der Waals surface area (Å²) in [5.74, 6) is -1.42. The molecule has 14 heavy (non-hydrogen) atoms. The lowest BCUT2D eigenvalue weighted by molar-refractivity contribution is 0.0693. The number of hydrogen-bond donors (Lipinski definition) is 3. The second-order valence-electron chi connectivity index (χ2n) is 2.62. The summed E-state index contributed by atoms with van der Waals surface area (Å²) in [6, 6.07) is 4.30. The first kappa shape index (κ1) is 10.6. The van der Waals surface area contributed by atoms with Crippen LogP contribution >= 0.6 is 12.6 Å². The second kappa shape index (κ2) is 4.15. The zero-order valence-corrected chi connectivity index (χ0v) is 8.34. The summed E-state index contributed by atoms with van der Waals surface area (Å²) >= 11 is 3.97. The number of amides is 1. The highest BCUT2D eigenvalue weighted by atomic mass is 32.1. The summed E-state index contributed by atoms with van der Waals surface area (Å²) in [5, 5.41) is 11.2. The first-order valence-corrected chi connectivity index (χ1v) is 4.29. The highest BCUT2D eigenvalue weighted by Gasteiger charge is 2.11. The SMILES string of the molecule is CNC(=O)c1ccc(S)c(C(=O)O)c1. The molecule has 0 unspecified atom stereocenters. The lowest BCUT2D eigenvalue weighted by Crippen LogP contribution is -2.18. The fraction of sp³-hybridized carbons (Fsp3) is 0.111. The standard InChI is InChI=1S/C9H9NO3S/c1-10-8(11)5-2-3-7(14)6(4-5)9(12)13/h2-4,14H,1H3,(H,10,11)(H,12,13). The van der Waals surface area contributed by atoms with Crippen molar-refractivity contribution in [2.75, 3.05) is 7.05 Å². The van der Waals surface area contributed by atoms with Gasteiger partial charge in [0.25, 0.3) is 5.91 Å². The molecule has 5 heteroatoms. The van der Waals surface area contributed by atoms with Gasteiger partial charge in [0, 0.05) is 17.5 Å². The van der Waals surface area contributed by atoms with E-state index in [9.17, 15) is 9.59 Å². The number of carboxylic acids is 1. The number of rotatable bonds is 2. The molecule has 0 radical (unpaired) electrons. The highest BCUT2D eigenvalue weighted by molar-refractivity contribution is 7.80. The maximum absolute atomic E-state index is 11.2. The van der Waals surface area contributed by atoms with Crippen molar-refractivity contribution >= 4 is 24.5 Å². The van der Waals surface area contributed by atoms with Gasteiger partial charge in [0.15, 0.2) is 0 Å². The Morgan fingerprint density at radius 3 is 2.57 bits per heavy atom. The number of thiol groups is 1. The van der Waals surface area contributed by atoms with E-state index in [1.54, 1.807) is 0 Å². The number of carbonyl (C=O) groups is 2. The third-order valence-electron chi connectivity index (χ3n) is 1.72. The molecule has 1 rings (SSSR count). The minimum Gasteiger partial charge on any atom is -0.478 e. The summed E-state index contributed by atoms with van der Waals surface area (Å²) in [6.07, 6.45) is 0. The van der Waals surface area contributed by atoms with Gasteiger partial charge in [-0.25, -0.2) is 4.79 Å². The third kappa shape index (κ3) is 2.05. The lowest BCUT2D eigenvalue weighted by Gasteiger charge is -2.03. The van der Waals surface area contributed by atoms with Crippen LogP contribution in [-0.2, 0) is 0 Å². The van der Waals surface area contributed by atoms with Gasteiger partial charge in [-0.1, -0.05) is 0 Å². The van der Waals surface area contributed by atoms with Gasteiger partial charge in [0.2, 0.25) is 0 Å². The molecule has 0 saturated carbocycles. The molecule has 0 aromatic heterocycles. The first-order valence-electron chi connectivity index (χ1n) is 3.84. The number of benzene rings is 1. The molecule has 0 bridgehead atoms. The van der Waals surface area contributed by atoms with Crippen LogP contribution in [0.3, 0.4) is 0 Å². The summed E-state index contributed by atoms with van der Waals surface area (Å²) in [6.45, 7) is 0. The minimum atomic E-state index is -1.10. The largest absolute Gasteiger partial charge is 0.478 e. The van der Waals surface area contributed by atoms with Crippen molar-refractivity contribution in [3.63, 3.8) is 0 Å². The van der Waals surface area contributed by atoms with Crippen LogP contribution in [0.15, 0.2) is 23.1 Å². The summed E-state index contributed by atoms with van der Waals surface area (Å²) in [4.78, 5) is 22.2. The Labute approximate surface area is 86.3 Å². The van der Waals surface area contributed by atoms with Gasteiger partial charge >= 0.3 is 5.97 Å². The second-order valence-corrected chi connectivity index (χ2v) is 3.10. The van der Waals surface area contributed by atoms with Crippen LogP contribution in [0.2, 0.25) is 0 Å². The van der Waals surface area contributed by atoms with Gasteiger partial charge in [-0.05, 0) is 18.2 Å². The molecule has 0 aliphatic rings. The van der Waals surface area contributed by atoms with E-state index in [2.05, 4.69) is 17.9 Å². The van der Waals surface area contributed by atoms with Gasteiger partial charge in [0.1, 0.15) is 0 Å². The van der Waals surface area contributed by atoms with Crippen molar-refractivity contribution in [2.45, 2.75) is 4.90 Å². The van der Waals surface area contributed by atoms with Gasteiger partial charge in [0.05, 0.1) is 5.56 Å². The fourth-order valence-electron chi connectivity index (χ4n) is 0.993. The van der Waals surface area contributed by atoms with Crippen LogP contribution in [0.5, 0.6) is 0 Å². The molecular weight excluding hydrogens is 202 g/mol. The third-order valence-corrected chi connectivity index (χ3v) is 2.11. The van der Waals surface area contributed by atoms with Gasteiger partial charge in [-0.15, -0.1) is 12.6 Å². The molecule has 0 spiro atoms. The minimum absolute atomic E-state index is 0.0226. The smallest absolute Gasteiger partial charge is 0.336 e. The Bertz CT molecular complexity index is 390. The highest BCUT2D eigenvalue weighted by Crippen LogP contribution is 2.15. The Kier molecular flexibility index (Phi) is 3.14. The molecule has 0 atom stereocenters. The molecule has 2 N–H and O–H groups in total. The predicted molar refractivity (Wildman–Crippen MR) is 54.0 cm³/mol. The molecule has 0 saturated heterocycles. The van der Waals surface area contributed by atoms with Crippen molar-refractivity contribution in [3.8, 4) is 0 Å². The first-order chi connectivity index (χ1) is 6.56. The Balaban J connectivity index is 3.19. The van der Waals surface area contributed by atoms with E-state index < -0.39 is 5.97 Å². The van der Waals surface area contributed by atoms with Crippen LogP contribution < -0.4 is 5.32 Å². The van der Waals surface area contributed by atoms with Crippen LogP contribution in [0.25, 0.3) is 0 Å². The average Bonchev–Trinajstić information content (AvgIpc) is 2.17. The van der Waals surface area contributed by atoms with E-state index in [0.717, 1.165) is 0 Å². The normalized spacial score (nSPS) is 9.57. The van der Waals surface area contributed by atoms with Crippen molar-refractivity contribution in [2.24, 2.45) is 0 Å². The molecule has 0 aliphatic heterocycles. The molecule has 1 aromatic carbocycles. The predicted octanol–water partition coefficient (Wildman–Crippen LogP) is 1.03. The molecule has 4 nitrogen and oxygen atoms in total. The number of nitrogens with one attached hydrogen (secondary N) is 1. The quantitative estimate of drug-likeness (QED) is 0.640. The van der Waals surface area contributed by atoms with Crippen LogP contribution in [0, 0.1) is 0 Å². The molecule has 0 heterocycles. The maximum Gasteiger partial charge on any atom is 0.336 e. The zero-order valence-electron chi connectivity index (χ0n) is 7.44. The molecule has 0 aliphatic carbocycles. The topological polar surface area (TPSA) is 66.4 Å².